The Morgan fingerprint density at radius 2 is 1.83 bits per heavy atom. The van der Waals surface area contributed by atoms with Crippen LogP contribution >= 0.6 is 0 Å². The topological polar surface area (TPSA) is 84.5 Å². The summed E-state index contributed by atoms with van der Waals surface area (Å²) >= 11 is 0. The molecule has 1 amide bonds. The molecule has 0 radical (unpaired) electrons. The number of carbonyl (C=O) groups is 1. The fourth-order valence-corrected chi connectivity index (χ4v) is 3.41. The fraction of sp³-hybridized carbons (Fsp3) is 0.188. The monoisotopic (exact) mass is 332 g/mol. The van der Waals surface area contributed by atoms with Crippen LogP contribution in [0, 0.1) is 13.8 Å². The molecule has 1 aliphatic rings. The lowest BCUT2D eigenvalue weighted by molar-refractivity contribution is -0.118. The van der Waals surface area contributed by atoms with Gasteiger partial charge in [-0.2, -0.15) is 0 Å². The lowest BCUT2D eigenvalue weighted by atomic mass is 10.1. The van der Waals surface area contributed by atoms with Gasteiger partial charge in [0.05, 0.1) is 16.3 Å². The number of hydrogen-bond donors (Lipinski definition) is 2. The van der Waals surface area contributed by atoms with Crippen molar-refractivity contribution < 1.29 is 17.9 Å². The first kappa shape index (κ1) is 15.4. The number of fused-ring (bicyclic) bond motifs is 1. The van der Waals surface area contributed by atoms with Gasteiger partial charge in [-0.25, -0.2) is 8.42 Å². The maximum atomic E-state index is 12.4. The Morgan fingerprint density at radius 1 is 1.13 bits per heavy atom. The van der Waals surface area contributed by atoms with Crippen molar-refractivity contribution in [3.63, 3.8) is 0 Å². The van der Waals surface area contributed by atoms with Crippen LogP contribution in [-0.4, -0.2) is 20.9 Å². The molecule has 0 fully saturated rings. The Morgan fingerprint density at radius 3 is 2.52 bits per heavy atom. The average molecular weight is 332 g/mol. The summed E-state index contributed by atoms with van der Waals surface area (Å²) in [4.78, 5) is 11.6. The van der Waals surface area contributed by atoms with Crippen LogP contribution in [0.5, 0.6) is 5.75 Å². The van der Waals surface area contributed by atoms with Crippen molar-refractivity contribution in [3.8, 4) is 5.75 Å². The third-order valence-corrected chi connectivity index (χ3v) is 4.88. The molecule has 0 saturated heterocycles. The molecule has 0 aliphatic carbocycles. The lowest BCUT2D eigenvalue weighted by Gasteiger charge is -2.21. The smallest absolute Gasteiger partial charge is 0.262 e. The quantitative estimate of drug-likeness (QED) is 0.904. The molecule has 1 heterocycles. The van der Waals surface area contributed by atoms with Crippen molar-refractivity contribution in [1.82, 2.24) is 0 Å². The molecule has 6 nitrogen and oxygen atoms in total. The molecule has 0 unspecified atom stereocenters. The third kappa shape index (κ3) is 3.14. The van der Waals surface area contributed by atoms with Gasteiger partial charge in [0.1, 0.15) is 5.75 Å². The molecule has 7 heteroatoms. The second-order valence-corrected chi connectivity index (χ2v) is 7.11. The van der Waals surface area contributed by atoms with E-state index in [-0.39, 0.29) is 17.4 Å². The van der Waals surface area contributed by atoms with E-state index in [0.717, 1.165) is 11.1 Å². The van der Waals surface area contributed by atoms with E-state index >= 15 is 0 Å². The summed E-state index contributed by atoms with van der Waals surface area (Å²) in [7, 11) is -3.69. The number of amides is 1. The Kier molecular flexibility index (Phi) is 3.73. The zero-order chi connectivity index (χ0) is 16.6. The highest BCUT2D eigenvalue weighted by Crippen LogP contribution is 2.35. The van der Waals surface area contributed by atoms with Gasteiger partial charge in [-0.05, 0) is 43.7 Å². The minimum Gasteiger partial charge on any atom is -0.481 e. The van der Waals surface area contributed by atoms with E-state index in [9.17, 15) is 13.2 Å². The largest absolute Gasteiger partial charge is 0.481 e. The van der Waals surface area contributed by atoms with Gasteiger partial charge in [0, 0.05) is 0 Å². The molecule has 120 valence electrons. The van der Waals surface area contributed by atoms with Crippen LogP contribution in [0.15, 0.2) is 41.3 Å². The Labute approximate surface area is 134 Å². The number of hydrogen-bond acceptors (Lipinski definition) is 4. The first-order chi connectivity index (χ1) is 10.8. The van der Waals surface area contributed by atoms with Crippen LogP contribution in [0.2, 0.25) is 0 Å². The van der Waals surface area contributed by atoms with Crippen molar-refractivity contribution in [2.24, 2.45) is 0 Å². The summed E-state index contributed by atoms with van der Waals surface area (Å²) in [6.07, 6.45) is 0. The summed E-state index contributed by atoms with van der Waals surface area (Å²) in [5.41, 5.74) is 2.55. The number of aryl methyl sites for hydroxylation is 2. The predicted molar refractivity (Wildman–Crippen MR) is 87.3 cm³/mol. The number of benzene rings is 2. The van der Waals surface area contributed by atoms with E-state index in [0.29, 0.717) is 17.1 Å². The molecule has 2 N–H and O–H groups in total. The highest BCUT2D eigenvalue weighted by Gasteiger charge is 2.21. The molecule has 3 rings (SSSR count). The maximum absolute atomic E-state index is 12.4. The van der Waals surface area contributed by atoms with Crippen molar-refractivity contribution in [1.29, 1.82) is 0 Å². The molecule has 0 saturated carbocycles. The molecule has 23 heavy (non-hydrogen) atoms. The minimum absolute atomic E-state index is 0.0394. The summed E-state index contributed by atoms with van der Waals surface area (Å²) in [6, 6.07) is 9.79. The van der Waals surface area contributed by atoms with E-state index < -0.39 is 10.0 Å². The third-order valence-electron chi connectivity index (χ3n) is 3.48. The van der Waals surface area contributed by atoms with Gasteiger partial charge >= 0.3 is 0 Å². The highest BCUT2D eigenvalue weighted by atomic mass is 32.2. The summed E-state index contributed by atoms with van der Waals surface area (Å²) in [5.74, 6) is 0.290. The normalized spacial score (nSPS) is 13.7. The van der Waals surface area contributed by atoms with Crippen molar-refractivity contribution in [3.05, 3.63) is 47.5 Å². The number of nitrogens with one attached hydrogen (secondary N) is 2. The number of rotatable bonds is 3. The SMILES string of the molecule is Cc1ccc(S(=O)(=O)Nc2cc(C)c3c(c2)NC(=O)CO3)cc1. The van der Waals surface area contributed by atoms with E-state index in [1.165, 1.54) is 0 Å². The average Bonchev–Trinajstić information content (AvgIpc) is 2.46. The standard InChI is InChI=1S/C16H16N2O4S/c1-10-3-5-13(6-4-10)23(20,21)18-12-7-11(2)16-14(8-12)17-15(19)9-22-16/h3-8,18H,9H2,1-2H3,(H,17,19). The molecule has 0 bridgehead atoms. The molecule has 2 aromatic carbocycles. The molecular weight excluding hydrogens is 316 g/mol. The lowest BCUT2D eigenvalue weighted by Crippen LogP contribution is -2.26. The van der Waals surface area contributed by atoms with Crippen LogP contribution in [0.1, 0.15) is 11.1 Å². The van der Waals surface area contributed by atoms with E-state index in [4.69, 9.17) is 4.74 Å². The molecule has 1 aliphatic heterocycles. The minimum atomic E-state index is -3.69. The first-order valence-corrected chi connectivity index (χ1v) is 8.50. The first-order valence-electron chi connectivity index (χ1n) is 7.02. The van der Waals surface area contributed by atoms with Gasteiger partial charge in [-0.1, -0.05) is 17.7 Å². The Hall–Kier alpha value is -2.54. The molecular formula is C16H16N2O4S. The van der Waals surface area contributed by atoms with E-state index in [2.05, 4.69) is 10.0 Å². The van der Waals surface area contributed by atoms with Crippen molar-refractivity contribution in [2.45, 2.75) is 18.7 Å². The molecule has 0 atom stereocenters. The van der Waals surface area contributed by atoms with Crippen LogP contribution in [-0.2, 0) is 14.8 Å². The van der Waals surface area contributed by atoms with Crippen LogP contribution < -0.4 is 14.8 Å². The van der Waals surface area contributed by atoms with Gasteiger partial charge in [-0.3, -0.25) is 9.52 Å². The van der Waals surface area contributed by atoms with Crippen LogP contribution in [0.25, 0.3) is 0 Å². The molecule has 0 aromatic heterocycles. The molecule has 0 spiro atoms. The van der Waals surface area contributed by atoms with Crippen molar-refractivity contribution >= 4 is 27.3 Å². The van der Waals surface area contributed by atoms with Gasteiger partial charge in [0.25, 0.3) is 15.9 Å². The Balaban J connectivity index is 1.94. The Bertz CT molecular complexity index is 874. The zero-order valence-electron chi connectivity index (χ0n) is 12.7. The zero-order valence-corrected chi connectivity index (χ0v) is 13.5. The summed E-state index contributed by atoms with van der Waals surface area (Å²) in [6.45, 7) is 3.64. The number of ether oxygens (including phenoxy) is 1. The second kappa shape index (κ2) is 5.58. The fourth-order valence-electron chi connectivity index (χ4n) is 2.37. The summed E-state index contributed by atoms with van der Waals surface area (Å²) in [5, 5.41) is 2.68. The van der Waals surface area contributed by atoms with Crippen molar-refractivity contribution in [2.75, 3.05) is 16.6 Å². The highest BCUT2D eigenvalue weighted by molar-refractivity contribution is 7.92. The van der Waals surface area contributed by atoms with E-state index in [1.807, 2.05) is 6.92 Å². The summed E-state index contributed by atoms with van der Waals surface area (Å²) < 4.78 is 32.7. The maximum Gasteiger partial charge on any atom is 0.262 e. The predicted octanol–water partition coefficient (Wildman–Crippen LogP) is 2.44. The van der Waals surface area contributed by atoms with Gasteiger partial charge in [-0.15, -0.1) is 0 Å². The molecule has 2 aromatic rings. The number of carbonyl (C=O) groups excluding carboxylic acids is 1. The number of sulfonamides is 1. The second-order valence-electron chi connectivity index (χ2n) is 5.43. The van der Waals surface area contributed by atoms with Gasteiger partial charge < -0.3 is 10.1 Å². The van der Waals surface area contributed by atoms with Crippen LogP contribution in [0.3, 0.4) is 0 Å². The van der Waals surface area contributed by atoms with Crippen LogP contribution in [0.4, 0.5) is 11.4 Å². The number of anilines is 2. The van der Waals surface area contributed by atoms with Gasteiger partial charge in [0.2, 0.25) is 0 Å². The van der Waals surface area contributed by atoms with Gasteiger partial charge in [0.15, 0.2) is 6.61 Å². The van der Waals surface area contributed by atoms with E-state index in [1.54, 1.807) is 43.3 Å².